The molecule has 24 nitrogen and oxygen atoms in total. The first-order valence-corrected chi connectivity index (χ1v) is 40.6. The minimum Gasteiger partial charge on any atom is -0.324 e. The molecule has 28 heteroatoms. The minimum atomic E-state index is -4.53. The highest BCUT2D eigenvalue weighted by atomic mass is 19.4. The van der Waals surface area contributed by atoms with Gasteiger partial charge in [0.25, 0.3) is 0 Å². The highest BCUT2D eigenvalue weighted by Crippen LogP contribution is 2.37. The molecule has 0 aliphatic rings. The molecule has 12 aromatic carbocycles. The predicted octanol–water partition coefficient (Wildman–Crippen LogP) is 25.8. The summed E-state index contributed by atoms with van der Waals surface area (Å²) in [7, 11) is 0. The topological polar surface area (TPSA) is 299 Å². The van der Waals surface area contributed by atoms with Gasteiger partial charge in [-0.05, 0) is 294 Å². The molecule has 126 heavy (non-hydrogen) atoms. The zero-order valence-electron chi connectivity index (χ0n) is 71.6. The van der Waals surface area contributed by atoms with Crippen molar-refractivity contribution >= 4 is 140 Å². The van der Waals surface area contributed by atoms with E-state index in [1.165, 1.54) is 47.0 Å². The van der Waals surface area contributed by atoms with E-state index in [4.69, 9.17) is 0 Å². The van der Waals surface area contributed by atoms with E-state index in [0.29, 0.717) is 65.1 Å². The monoisotopic (exact) mass is 1680 g/mol. The van der Waals surface area contributed by atoms with Crippen molar-refractivity contribution in [2.75, 3.05) is 63.8 Å². The first-order chi connectivity index (χ1) is 60.7. The molecule has 12 N–H and O–H groups in total. The number of anilines is 24. The number of nitrogens with zero attached hydrogens (tertiary/aromatic N) is 12. The van der Waals surface area contributed by atoms with Gasteiger partial charge in [-0.25, -0.2) is 4.39 Å². The number of alkyl halides is 3. The van der Waals surface area contributed by atoms with Crippen LogP contribution in [0, 0.1) is 75.1 Å². The summed E-state index contributed by atoms with van der Waals surface area (Å²) in [5, 5.41) is 38.2. The maximum absolute atomic E-state index is 13.4. The number of aryl methyl sites for hydroxylation is 10. The van der Waals surface area contributed by atoms with Gasteiger partial charge in [-0.15, -0.1) is 0 Å². The molecular formula is C98H96F4N24. The molecule has 0 bridgehead atoms. The van der Waals surface area contributed by atoms with Crippen LogP contribution >= 0.6 is 0 Å². The third kappa shape index (κ3) is 27.3. The fourth-order valence-electron chi connectivity index (χ4n) is 12.9. The molecule has 4 aromatic heterocycles. The van der Waals surface area contributed by atoms with Gasteiger partial charge in [0.2, 0.25) is 71.4 Å². The Morgan fingerprint density at radius 3 is 0.643 bits per heavy atom. The van der Waals surface area contributed by atoms with Crippen LogP contribution in [0.15, 0.2) is 285 Å². The van der Waals surface area contributed by atoms with Crippen LogP contribution in [0.25, 0.3) is 0 Å². The summed E-state index contributed by atoms with van der Waals surface area (Å²) in [6, 6.07) is 89.1. The smallest absolute Gasteiger partial charge is 0.324 e. The van der Waals surface area contributed by atoms with Gasteiger partial charge in [-0.2, -0.15) is 73.0 Å². The van der Waals surface area contributed by atoms with E-state index >= 15 is 0 Å². The van der Waals surface area contributed by atoms with Gasteiger partial charge in [0.05, 0.1) is 11.3 Å². The van der Waals surface area contributed by atoms with Crippen molar-refractivity contribution in [3.8, 4) is 0 Å². The Morgan fingerprint density at radius 1 is 0.206 bits per heavy atom. The number of nitrogens with one attached hydrogen (secondary N) is 12. The largest absolute Gasteiger partial charge is 0.418 e. The Morgan fingerprint density at radius 2 is 0.413 bits per heavy atom. The zero-order chi connectivity index (χ0) is 88.6. The number of aromatic nitrogens is 12. The highest BCUT2D eigenvalue weighted by molar-refractivity contribution is 5.70. The zero-order valence-corrected chi connectivity index (χ0v) is 71.6. The molecule has 0 radical (unpaired) electrons. The van der Waals surface area contributed by atoms with Crippen LogP contribution in [0.2, 0.25) is 0 Å². The van der Waals surface area contributed by atoms with Gasteiger partial charge >= 0.3 is 6.18 Å². The summed E-state index contributed by atoms with van der Waals surface area (Å²) < 4.78 is 53.5. The number of para-hydroxylation sites is 1. The number of halogens is 4. The van der Waals surface area contributed by atoms with Crippen LogP contribution in [-0.4, -0.2) is 59.8 Å². The third-order valence-corrected chi connectivity index (χ3v) is 18.6. The average molecular weight is 1690 g/mol. The maximum Gasteiger partial charge on any atom is 0.418 e. The molecule has 0 saturated heterocycles. The van der Waals surface area contributed by atoms with Crippen LogP contribution in [0.1, 0.15) is 86.5 Å². The van der Waals surface area contributed by atoms with E-state index in [1.807, 2.05) is 185 Å². The van der Waals surface area contributed by atoms with E-state index in [2.05, 4.69) is 258 Å². The van der Waals surface area contributed by atoms with Crippen molar-refractivity contribution in [1.29, 1.82) is 0 Å². The second-order valence-corrected chi connectivity index (χ2v) is 30.4. The number of rotatable bonds is 25. The Hall–Kier alpha value is -16.0. The Bertz CT molecular complexity index is 6110. The third-order valence-electron chi connectivity index (χ3n) is 18.6. The standard InChI is InChI=1S/C26H28N6.C25H26N6.C24H21F3N6.C23H21FN6/c1-17(2)20-11-13-21(14-12-20)27-24-30-25(28-22-9-5-7-18(3)15-22)32-26(31-24)29-23-10-6-8-19(4)16-23;1-16-7-5-9-20(12-16)26-23-29-24(27-21-10-6-8-17(2)13-21)31-25(30-23)28-22-14-18(3)11-19(4)15-22;1-15-7-5-9-17(13-15)28-21-31-22(29-18-10-6-8-16(2)14-18)33-23(32-21)30-20-12-4-3-11-19(20)24(25,26)27;1-15-5-3-7-19(13-15)26-22-28-21(25-18-11-9-17(24)10-12-18)29-23(30-22)27-20-8-4-6-16(2)14-20/h5-17H,1-4H3,(H3,27,28,29,30,31,32);5-15H,1-4H3,(H3,26,27,28,29,30,31);3-14H,1-2H3,(H3,28,29,30,31,32,33);3-14H,1-2H3,(H3,25,26,27,28,29,30). The lowest BCUT2D eigenvalue weighted by molar-refractivity contribution is -0.136. The molecule has 636 valence electrons. The van der Waals surface area contributed by atoms with E-state index in [0.717, 1.165) is 107 Å². The normalized spacial score (nSPS) is 10.8. The van der Waals surface area contributed by atoms with Crippen LogP contribution in [0.3, 0.4) is 0 Å². The minimum absolute atomic E-state index is 0.0352. The molecule has 0 unspecified atom stereocenters. The first-order valence-electron chi connectivity index (χ1n) is 40.6. The summed E-state index contributed by atoms with van der Waals surface area (Å²) >= 11 is 0. The second-order valence-electron chi connectivity index (χ2n) is 30.4. The van der Waals surface area contributed by atoms with E-state index in [1.54, 1.807) is 12.1 Å². The van der Waals surface area contributed by atoms with Gasteiger partial charge in [0.1, 0.15) is 5.82 Å². The molecular weight excluding hydrogens is 1590 g/mol. The van der Waals surface area contributed by atoms with E-state index < -0.39 is 11.7 Å². The van der Waals surface area contributed by atoms with Crippen molar-refractivity contribution in [3.63, 3.8) is 0 Å². The molecule has 0 aliphatic heterocycles. The molecule has 16 rings (SSSR count). The lowest BCUT2D eigenvalue weighted by Gasteiger charge is -2.15. The van der Waals surface area contributed by atoms with E-state index in [-0.39, 0.29) is 29.3 Å². The van der Waals surface area contributed by atoms with Crippen LogP contribution in [0.5, 0.6) is 0 Å². The Balaban J connectivity index is 0.000000144. The molecule has 16 aromatic rings. The van der Waals surface area contributed by atoms with E-state index in [9.17, 15) is 17.6 Å². The number of hydrogen-bond acceptors (Lipinski definition) is 24. The summed E-state index contributed by atoms with van der Waals surface area (Å²) in [5.41, 5.74) is 21.0. The van der Waals surface area contributed by atoms with Crippen molar-refractivity contribution in [2.24, 2.45) is 0 Å². The Labute approximate surface area is 729 Å². The predicted molar refractivity (Wildman–Crippen MR) is 502 cm³/mol. The lowest BCUT2D eigenvalue weighted by atomic mass is 10.0. The summed E-state index contributed by atoms with van der Waals surface area (Å²) in [6.07, 6.45) is -4.53. The molecule has 0 aliphatic carbocycles. The van der Waals surface area contributed by atoms with Gasteiger partial charge in [0, 0.05) is 62.6 Å². The van der Waals surface area contributed by atoms with Crippen molar-refractivity contribution < 1.29 is 17.6 Å². The van der Waals surface area contributed by atoms with Gasteiger partial charge in [-0.1, -0.05) is 141 Å². The molecule has 4 heterocycles. The maximum atomic E-state index is 13.4. The lowest BCUT2D eigenvalue weighted by Crippen LogP contribution is -2.11. The van der Waals surface area contributed by atoms with Crippen LogP contribution in [0.4, 0.5) is 157 Å². The summed E-state index contributed by atoms with van der Waals surface area (Å²) in [5.74, 6) is 4.37. The van der Waals surface area contributed by atoms with Gasteiger partial charge < -0.3 is 63.8 Å². The second kappa shape index (κ2) is 41.5. The average Bonchev–Trinajstić information content (AvgIpc) is 0.840. The molecule has 0 fully saturated rings. The summed E-state index contributed by atoms with van der Waals surface area (Å²) in [4.78, 5) is 53.9. The van der Waals surface area contributed by atoms with Crippen molar-refractivity contribution in [1.82, 2.24) is 59.8 Å². The van der Waals surface area contributed by atoms with Crippen molar-refractivity contribution in [3.05, 3.63) is 358 Å². The van der Waals surface area contributed by atoms with Gasteiger partial charge in [-0.3, -0.25) is 0 Å². The fourth-order valence-corrected chi connectivity index (χ4v) is 12.9. The SMILES string of the molecule is Cc1cccc(Nc2nc(Nc3ccc(C(C)C)cc3)nc(Nc3cccc(C)c3)n2)c1.Cc1cccc(Nc2nc(Nc3ccc(F)cc3)nc(Nc3cccc(C)c3)n2)c1.Cc1cccc(Nc2nc(Nc3cccc(C)c3)nc(Nc3cc(C)cc(C)c3)n2)c1.Cc1cccc(Nc2nc(Nc3cccc(C)c3)nc(Nc3ccccc3C(F)(F)F)n2)c1. The quantitative estimate of drug-likeness (QED) is 0.0237. The van der Waals surface area contributed by atoms with Crippen LogP contribution in [-0.2, 0) is 6.18 Å². The van der Waals surface area contributed by atoms with Crippen molar-refractivity contribution in [2.45, 2.75) is 95.2 Å². The molecule has 0 amide bonds. The number of hydrogen-bond donors (Lipinski definition) is 12. The van der Waals surface area contributed by atoms with Gasteiger partial charge in [0.15, 0.2) is 0 Å². The summed E-state index contributed by atoms with van der Waals surface area (Å²) in [6.45, 7) is 24.6. The fraction of sp³-hybridized carbons (Fsp3) is 0.143. The highest BCUT2D eigenvalue weighted by Gasteiger charge is 2.33. The number of benzene rings is 12. The molecule has 0 atom stereocenters. The first kappa shape index (κ1) is 87.8. The molecule has 0 spiro atoms. The Kier molecular flexibility index (Phi) is 28.9. The molecule has 0 saturated carbocycles. The van der Waals surface area contributed by atoms with Crippen LogP contribution < -0.4 is 63.8 Å².